The van der Waals surface area contributed by atoms with Crippen molar-refractivity contribution in [2.24, 2.45) is 5.92 Å². The summed E-state index contributed by atoms with van der Waals surface area (Å²) in [6, 6.07) is 0. The van der Waals surface area contributed by atoms with E-state index >= 15 is 0 Å². The lowest BCUT2D eigenvalue weighted by Crippen LogP contribution is -1.97. The van der Waals surface area contributed by atoms with Crippen LogP contribution in [-0.4, -0.2) is 17.8 Å². The number of rotatable bonds is 5. The van der Waals surface area contributed by atoms with Crippen molar-refractivity contribution in [2.45, 2.75) is 52.4 Å². The van der Waals surface area contributed by atoms with Gasteiger partial charge in [0.2, 0.25) is 0 Å². The van der Waals surface area contributed by atoms with Crippen LogP contribution in [0.3, 0.4) is 0 Å². The fourth-order valence-corrected chi connectivity index (χ4v) is 2.56. The van der Waals surface area contributed by atoms with Crippen molar-refractivity contribution in [3.05, 3.63) is 0 Å². The summed E-state index contributed by atoms with van der Waals surface area (Å²) in [5.74, 6) is 3.48. The van der Waals surface area contributed by atoms with Gasteiger partial charge in [-0.15, -0.1) is 0 Å². The third-order valence-corrected chi connectivity index (χ3v) is 3.69. The van der Waals surface area contributed by atoms with Gasteiger partial charge in [0, 0.05) is 6.42 Å². The Bertz CT molecular complexity index is 114. The Labute approximate surface area is 93.0 Å². The second-order valence-electron chi connectivity index (χ2n) is 3.78. The number of carbonyl (C=O) groups is 1. The minimum absolute atomic E-state index is 0.646. The highest BCUT2D eigenvalue weighted by Crippen LogP contribution is 2.14. The van der Waals surface area contributed by atoms with Crippen LogP contribution in [0, 0.1) is 5.92 Å². The maximum absolute atomic E-state index is 10.0. The normalized spacial score (nSPS) is 17.0. The van der Waals surface area contributed by atoms with Gasteiger partial charge in [0.25, 0.3) is 0 Å². The molecule has 1 aliphatic rings. The predicted molar refractivity (Wildman–Crippen MR) is 65.9 cm³/mol. The molecule has 0 aromatic rings. The van der Waals surface area contributed by atoms with Gasteiger partial charge >= 0.3 is 0 Å². The van der Waals surface area contributed by atoms with Crippen LogP contribution >= 0.6 is 11.8 Å². The third kappa shape index (κ3) is 8.61. The van der Waals surface area contributed by atoms with Gasteiger partial charge in [0.1, 0.15) is 6.29 Å². The van der Waals surface area contributed by atoms with Crippen molar-refractivity contribution >= 4 is 18.0 Å². The van der Waals surface area contributed by atoms with Gasteiger partial charge < -0.3 is 4.79 Å². The molecular formula is C12H24OS. The van der Waals surface area contributed by atoms with Crippen molar-refractivity contribution in [3.8, 4) is 0 Å². The average Bonchev–Trinajstić information content (AvgIpc) is 2.75. The molecule has 2 heteroatoms. The maximum Gasteiger partial charge on any atom is 0.120 e. The molecule has 0 bridgehead atoms. The minimum Gasteiger partial charge on any atom is -0.303 e. The van der Waals surface area contributed by atoms with Crippen molar-refractivity contribution < 1.29 is 4.79 Å². The Balaban J connectivity index is 0.000000280. The van der Waals surface area contributed by atoms with Gasteiger partial charge in [0.15, 0.2) is 0 Å². The molecule has 1 saturated heterocycles. The summed E-state index contributed by atoms with van der Waals surface area (Å²) in [4.78, 5) is 10.0. The van der Waals surface area contributed by atoms with Crippen LogP contribution in [-0.2, 0) is 4.79 Å². The molecule has 0 radical (unpaired) electrons. The maximum atomic E-state index is 10.0. The molecule has 0 spiro atoms. The Morgan fingerprint density at radius 1 is 1.29 bits per heavy atom. The van der Waals surface area contributed by atoms with Crippen molar-refractivity contribution in [1.29, 1.82) is 0 Å². The van der Waals surface area contributed by atoms with Crippen LogP contribution in [0.4, 0.5) is 0 Å². The highest BCUT2D eigenvalue weighted by molar-refractivity contribution is 7.99. The van der Waals surface area contributed by atoms with E-state index in [0.29, 0.717) is 5.92 Å². The van der Waals surface area contributed by atoms with E-state index in [0.717, 1.165) is 19.1 Å². The van der Waals surface area contributed by atoms with Crippen molar-refractivity contribution in [2.75, 3.05) is 11.5 Å². The molecular weight excluding hydrogens is 192 g/mol. The lowest BCUT2D eigenvalue weighted by atomic mass is 9.98. The average molecular weight is 216 g/mol. The number of hydrogen-bond donors (Lipinski definition) is 0. The molecule has 1 heterocycles. The summed E-state index contributed by atoms with van der Waals surface area (Å²) < 4.78 is 0. The van der Waals surface area contributed by atoms with E-state index in [1.165, 1.54) is 37.2 Å². The first-order valence-electron chi connectivity index (χ1n) is 5.86. The molecule has 0 amide bonds. The minimum atomic E-state index is 0.646. The smallest absolute Gasteiger partial charge is 0.120 e. The fraction of sp³-hybridized carbons (Fsp3) is 0.917. The zero-order valence-electron chi connectivity index (χ0n) is 9.63. The molecule has 0 saturated carbocycles. The summed E-state index contributed by atoms with van der Waals surface area (Å²) in [5.41, 5.74) is 0. The lowest BCUT2D eigenvalue weighted by molar-refractivity contribution is -0.108. The first-order chi connectivity index (χ1) is 6.85. The standard InChI is InChI=1S/C8H16O.C4H8S/c1-3-5-8(4-2)6-7-9;1-2-4-5-3-1/h7-8H,3-6H2,1-2H3;1-4H2. The zero-order valence-corrected chi connectivity index (χ0v) is 10.4. The summed E-state index contributed by atoms with van der Waals surface area (Å²) in [6.07, 6.45) is 8.26. The van der Waals surface area contributed by atoms with Crippen LogP contribution in [0.15, 0.2) is 0 Å². The van der Waals surface area contributed by atoms with E-state index in [9.17, 15) is 4.79 Å². The van der Waals surface area contributed by atoms with Crippen molar-refractivity contribution in [3.63, 3.8) is 0 Å². The first kappa shape index (κ1) is 14.0. The first-order valence-corrected chi connectivity index (χ1v) is 7.01. The fourth-order valence-electron chi connectivity index (χ4n) is 1.54. The number of carbonyl (C=O) groups excluding carboxylic acids is 1. The van der Waals surface area contributed by atoms with Crippen LogP contribution in [0.1, 0.15) is 52.4 Å². The van der Waals surface area contributed by atoms with Gasteiger partial charge in [-0.25, -0.2) is 0 Å². The molecule has 1 atom stereocenters. The molecule has 0 aromatic heterocycles. The monoisotopic (exact) mass is 216 g/mol. The zero-order chi connectivity index (χ0) is 10.6. The molecule has 84 valence electrons. The number of aldehydes is 1. The molecule has 14 heavy (non-hydrogen) atoms. The predicted octanol–water partition coefficient (Wildman–Crippen LogP) is 3.92. The van der Waals surface area contributed by atoms with Crippen LogP contribution in [0.2, 0.25) is 0 Å². The topological polar surface area (TPSA) is 17.1 Å². The van der Waals surface area contributed by atoms with Gasteiger partial charge in [-0.1, -0.05) is 33.1 Å². The van der Waals surface area contributed by atoms with Gasteiger partial charge in [-0.2, -0.15) is 11.8 Å². The van der Waals surface area contributed by atoms with Gasteiger partial charge in [-0.3, -0.25) is 0 Å². The van der Waals surface area contributed by atoms with E-state index in [1.54, 1.807) is 0 Å². The molecule has 1 fully saturated rings. The second-order valence-corrected chi connectivity index (χ2v) is 5.01. The van der Waals surface area contributed by atoms with Gasteiger partial charge in [-0.05, 0) is 30.3 Å². The van der Waals surface area contributed by atoms with E-state index in [2.05, 4.69) is 25.6 Å². The Kier molecular flexibility index (Phi) is 11.1. The molecule has 0 N–H and O–H groups in total. The lowest BCUT2D eigenvalue weighted by Gasteiger charge is -2.07. The summed E-state index contributed by atoms with van der Waals surface area (Å²) in [6.45, 7) is 4.30. The Morgan fingerprint density at radius 3 is 2.21 bits per heavy atom. The molecule has 1 rings (SSSR count). The Morgan fingerprint density at radius 2 is 1.93 bits per heavy atom. The highest BCUT2D eigenvalue weighted by atomic mass is 32.2. The van der Waals surface area contributed by atoms with E-state index in [-0.39, 0.29) is 0 Å². The van der Waals surface area contributed by atoms with E-state index < -0.39 is 0 Å². The summed E-state index contributed by atoms with van der Waals surface area (Å²) >= 11 is 2.07. The van der Waals surface area contributed by atoms with Crippen LogP contribution in [0.5, 0.6) is 0 Å². The summed E-state index contributed by atoms with van der Waals surface area (Å²) in [5, 5.41) is 0. The molecule has 1 aliphatic heterocycles. The molecule has 0 aliphatic carbocycles. The van der Waals surface area contributed by atoms with Gasteiger partial charge in [0.05, 0.1) is 0 Å². The molecule has 0 aromatic carbocycles. The van der Waals surface area contributed by atoms with Crippen molar-refractivity contribution in [1.82, 2.24) is 0 Å². The molecule has 1 unspecified atom stereocenters. The van der Waals surface area contributed by atoms with E-state index in [4.69, 9.17) is 0 Å². The Hall–Kier alpha value is 0.0200. The largest absolute Gasteiger partial charge is 0.303 e. The van der Waals surface area contributed by atoms with Crippen LogP contribution in [0.25, 0.3) is 0 Å². The molecule has 1 nitrogen and oxygen atoms in total. The number of thioether (sulfide) groups is 1. The quantitative estimate of drug-likeness (QED) is 0.648. The second kappa shape index (κ2) is 11.1. The highest BCUT2D eigenvalue weighted by Gasteiger charge is 2.01. The summed E-state index contributed by atoms with van der Waals surface area (Å²) in [7, 11) is 0. The third-order valence-electron chi connectivity index (χ3n) is 2.53. The van der Waals surface area contributed by atoms with Crippen LogP contribution < -0.4 is 0 Å². The number of hydrogen-bond acceptors (Lipinski definition) is 2. The SMILES string of the molecule is C1CCSC1.CCCC(CC)CC=O. The van der Waals surface area contributed by atoms with E-state index in [1.807, 2.05) is 0 Å².